The summed E-state index contributed by atoms with van der Waals surface area (Å²) < 4.78 is 0. The van der Waals surface area contributed by atoms with Crippen molar-refractivity contribution in [1.82, 2.24) is 10.7 Å². The molecule has 156 valence electrons. The predicted molar refractivity (Wildman–Crippen MR) is 118 cm³/mol. The van der Waals surface area contributed by atoms with Gasteiger partial charge in [-0.15, -0.1) is 0 Å². The predicted octanol–water partition coefficient (Wildman–Crippen LogP) is 3.63. The van der Waals surface area contributed by atoms with Crippen LogP contribution in [0.4, 0.5) is 11.4 Å². The van der Waals surface area contributed by atoms with E-state index in [-0.39, 0.29) is 23.5 Å². The van der Waals surface area contributed by atoms with E-state index in [1.165, 1.54) is 0 Å². The van der Waals surface area contributed by atoms with E-state index in [1.807, 2.05) is 0 Å². The molecular weight excluding hydrogens is 429 g/mol. The summed E-state index contributed by atoms with van der Waals surface area (Å²) in [7, 11) is 0. The largest absolute Gasteiger partial charge is 0.509 e. The molecule has 1 atom stereocenters. The molecule has 0 saturated carbocycles. The Balaban J connectivity index is 1.62. The van der Waals surface area contributed by atoms with Gasteiger partial charge in [0, 0.05) is 5.02 Å². The van der Waals surface area contributed by atoms with E-state index in [2.05, 4.69) is 26.7 Å². The number of anilines is 2. The Kier molecular flexibility index (Phi) is 6.81. The number of hydrazone groups is 1. The van der Waals surface area contributed by atoms with Crippen LogP contribution in [0.15, 0.2) is 65.0 Å². The monoisotopic (exact) mass is 447 g/mol. The molecule has 8 nitrogen and oxygen atoms in total. The summed E-state index contributed by atoms with van der Waals surface area (Å²) in [6, 6.07) is 12.9. The van der Waals surface area contributed by atoms with Crippen molar-refractivity contribution in [2.45, 2.75) is 19.4 Å². The van der Waals surface area contributed by atoms with E-state index in [9.17, 15) is 14.7 Å². The van der Waals surface area contributed by atoms with Gasteiger partial charge < -0.3 is 10.4 Å². The van der Waals surface area contributed by atoms with E-state index in [1.54, 1.807) is 55.5 Å². The summed E-state index contributed by atoms with van der Waals surface area (Å²) in [5, 5.41) is 18.2. The molecule has 0 saturated heterocycles. The van der Waals surface area contributed by atoms with Gasteiger partial charge in [-0.25, -0.2) is 0 Å². The van der Waals surface area contributed by atoms with Crippen molar-refractivity contribution in [3.63, 3.8) is 0 Å². The minimum absolute atomic E-state index is 0.0216. The average Bonchev–Trinajstić information content (AvgIpc) is 2.99. The minimum atomic E-state index is -0.860. The van der Waals surface area contributed by atoms with Crippen LogP contribution in [0, 0.1) is 0 Å². The Morgan fingerprint density at radius 3 is 2.57 bits per heavy atom. The highest BCUT2D eigenvalue weighted by Crippen LogP contribution is 2.21. The molecule has 1 aliphatic rings. The van der Waals surface area contributed by atoms with Gasteiger partial charge in [-0.1, -0.05) is 35.3 Å². The number of hydrazine groups is 1. The molecule has 2 aromatic rings. The van der Waals surface area contributed by atoms with Crippen LogP contribution in [-0.4, -0.2) is 28.7 Å². The summed E-state index contributed by atoms with van der Waals surface area (Å²) in [6.07, 6.45) is -0.170. The first-order chi connectivity index (χ1) is 14.3. The van der Waals surface area contributed by atoms with Crippen molar-refractivity contribution in [3.05, 3.63) is 69.9 Å². The first-order valence-electron chi connectivity index (χ1n) is 8.94. The van der Waals surface area contributed by atoms with Crippen molar-refractivity contribution >= 4 is 52.1 Å². The third-order valence-electron chi connectivity index (χ3n) is 4.28. The molecule has 3 rings (SSSR count). The highest BCUT2D eigenvalue weighted by molar-refractivity contribution is 6.33. The molecule has 1 aliphatic heterocycles. The Morgan fingerprint density at radius 1 is 1.17 bits per heavy atom. The lowest BCUT2D eigenvalue weighted by Gasteiger charge is -2.13. The number of rotatable bonds is 7. The highest BCUT2D eigenvalue weighted by atomic mass is 35.5. The van der Waals surface area contributed by atoms with E-state index >= 15 is 0 Å². The number of para-hydroxylation sites is 1. The Bertz CT molecular complexity index is 1020. The number of aliphatic hydroxyl groups excluding tert-OH is 1. The summed E-state index contributed by atoms with van der Waals surface area (Å²) in [6.45, 7) is 1.58. The van der Waals surface area contributed by atoms with E-state index in [0.717, 1.165) is 0 Å². The first-order valence-corrected chi connectivity index (χ1v) is 9.70. The van der Waals surface area contributed by atoms with Crippen LogP contribution in [0.1, 0.15) is 13.3 Å². The van der Waals surface area contributed by atoms with Crippen LogP contribution in [0.5, 0.6) is 0 Å². The zero-order chi connectivity index (χ0) is 21.7. The molecule has 10 heteroatoms. The topological polar surface area (TPSA) is 115 Å². The van der Waals surface area contributed by atoms with Gasteiger partial charge in [-0.3, -0.25) is 25.9 Å². The maximum absolute atomic E-state index is 12.3. The molecular formula is C20H19Cl2N5O3. The van der Waals surface area contributed by atoms with Crippen LogP contribution in [0.2, 0.25) is 10.0 Å². The standard InChI is InChI=1S/C20H19Cl2N5O3/c1-11(24-25-13-8-6-12(21)7-9-13)18-19(29)16(23-20(18)30)10-17(28)27-26-15-5-3-2-4-14(15)22/h2-9,16,25-26,29H,10H2,1H3,(H,23,30)(H,27,28). The van der Waals surface area contributed by atoms with Crippen molar-refractivity contribution in [2.75, 3.05) is 10.9 Å². The van der Waals surface area contributed by atoms with Gasteiger partial charge in [-0.2, -0.15) is 5.10 Å². The quantitative estimate of drug-likeness (QED) is 0.328. The SMILES string of the molecule is CC(=NNc1ccc(Cl)cc1)C1=C(O)C(CC(=O)NNc2ccccc2Cl)NC1=O. The minimum Gasteiger partial charge on any atom is -0.509 e. The molecule has 1 heterocycles. The number of hydrogen-bond acceptors (Lipinski definition) is 6. The molecule has 0 radical (unpaired) electrons. The first kappa shape index (κ1) is 21.5. The summed E-state index contributed by atoms with van der Waals surface area (Å²) in [5.74, 6) is -1.20. The fourth-order valence-electron chi connectivity index (χ4n) is 2.75. The second kappa shape index (κ2) is 9.51. The van der Waals surface area contributed by atoms with Gasteiger partial charge in [0.1, 0.15) is 11.3 Å². The van der Waals surface area contributed by atoms with Gasteiger partial charge in [-0.05, 0) is 43.3 Å². The lowest BCUT2D eigenvalue weighted by atomic mass is 10.1. The summed E-state index contributed by atoms with van der Waals surface area (Å²) in [5.41, 5.74) is 9.47. The van der Waals surface area contributed by atoms with Gasteiger partial charge >= 0.3 is 0 Å². The fraction of sp³-hybridized carbons (Fsp3) is 0.150. The number of nitrogens with one attached hydrogen (secondary N) is 4. The number of nitrogens with zero attached hydrogens (tertiary/aromatic N) is 1. The molecule has 30 heavy (non-hydrogen) atoms. The lowest BCUT2D eigenvalue weighted by molar-refractivity contribution is -0.121. The number of amides is 2. The molecule has 0 fully saturated rings. The van der Waals surface area contributed by atoms with Crippen LogP contribution in [0.3, 0.4) is 0 Å². The van der Waals surface area contributed by atoms with Crippen LogP contribution < -0.4 is 21.6 Å². The summed E-state index contributed by atoms with van der Waals surface area (Å²) >= 11 is 11.8. The van der Waals surface area contributed by atoms with E-state index < -0.39 is 17.9 Å². The second-order valence-electron chi connectivity index (χ2n) is 6.46. The van der Waals surface area contributed by atoms with Crippen molar-refractivity contribution in [1.29, 1.82) is 0 Å². The number of hydrogen-bond donors (Lipinski definition) is 5. The van der Waals surface area contributed by atoms with Crippen molar-refractivity contribution in [3.8, 4) is 0 Å². The Hall–Kier alpha value is -3.23. The van der Waals surface area contributed by atoms with Gasteiger partial charge in [0.15, 0.2) is 0 Å². The zero-order valence-electron chi connectivity index (χ0n) is 15.9. The number of benzene rings is 2. The van der Waals surface area contributed by atoms with Crippen molar-refractivity contribution in [2.24, 2.45) is 5.10 Å². The molecule has 0 bridgehead atoms. The van der Waals surface area contributed by atoms with E-state index in [0.29, 0.717) is 21.4 Å². The Labute approximate surface area is 182 Å². The molecule has 0 aliphatic carbocycles. The van der Waals surface area contributed by atoms with Crippen LogP contribution in [-0.2, 0) is 9.59 Å². The molecule has 2 aromatic carbocycles. The molecule has 0 aromatic heterocycles. The lowest BCUT2D eigenvalue weighted by Crippen LogP contribution is -2.37. The van der Waals surface area contributed by atoms with E-state index in [4.69, 9.17) is 23.2 Å². The average molecular weight is 448 g/mol. The van der Waals surface area contributed by atoms with Crippen molar-refractivity contribution < 1.29 is 14.7 Å². The number of halogens is 2. The smallest absolute Gasteiger partial charge is 0.257 e. The number of carbonyl (C=O) groups excluding carboxylic acids is 2. The van der Waals surface area contributed by atoms with Gasteiger partial charge in [0.05, 0.1) is 34.6 Å². The van der Waals surface area contributed by atoms with Gasteiger partial charge in [0.2, 0.25) is 5.91 Å². The number of carbonyl (C=O) groups is 2. The fourth-order valence-corrected chi connectivity index (χ4v) is 3.06. The number of aliphatic hydroxyl groups is 1. The van der Waals surface area contributed by atoms with Crippen LogP contribution in [0.25, 0.3) is 0 Å². The Morgan fingerprint density at radius 2 is 1.87 bits per heavy atom. The summed E-state index contributed by atoms with van der Waals surface area (Å²) in [4.78, 5) is 24.5. The zero-order valence-corrected chi connectivity index (χ0v) is 17.4. The third-order valence-corrected chi connectivity index (χ3v) is 4.86. The third kappa shape index (κ3) is 5.22. The highest BCUT2D eigenvalue weighted by Gasteiger charge is 2.34. The van der Waals surface area contributed by atoms with Gasteiger partial charge in [0.25, 0.3) is 5.91 Å². The van der Waals surface area contributed by atoms with Crippen LogP contribution >= 0.6 is 23.2 Å². The molecule has 2 amide bonds. The maximum Gasteiger partial charge on any atom is 0.257 e. The molecule has 5 N–H and O–H groups in total. The second-order valence-corrected chi connectivity index (χ2v) is 7.30. The normalized spacial score (nSPS) is 16.3. The molecule has 0 spiro atoms. The maximum atomic E-state index is 12.3. The molecule has 1 unspecified atom stereocenters.